The van der Waals surface area contributed by atoms with Crippen LogP contribution in [0.1, 0.15) is 24.3 Å². The van der Waals surface area contributed by atoms with Gasteiger partial charge in [-0.3, -0.25) is 19.9 Å². The van der Waals surface area contributed by atoms with E-state index in [1.54, 1.807) is 13.8 Å². The summed E-state index contributed by atoms with van der Waals surface area (Å²) in [4.78, 5) is 56.4. The van der Waals surface area contributed by atoms with E-state index in [0.717, 1.165) is 12.3 Å². The summed E-state index contributed by atoms with van der Waals surface area (Å²) < 4.78 is 14.3. The minimum Gasteiger partial charge on any atom is -0.480 e. The Morgan fingerprint density at radius 1 is 1.23 bits per heavy atom. The van der Waals surface area contributed by atoms with Gasteiger partial charge in [-0.15, -0.1) is 0 Å². The van der Waals surface area contributed by atoms with Gasteiger partial charge >= 0.3 is 12.0 Å². The smallest absolute Gasteiger partial charge is 0.326 e. The number of carbonyl (C=O) groups excluding carboxylic acids is 2. The van der Waals surface area contributed by atoms with Crippen LogP contribution in [0.3, 0.4) is 0 Å². The van der Waals surface area contributed by atoms with Crippen LogP contribution in [0.15, 0.2) is 17.1 Å². The second kappa shape index (κ2) is 8.85. The van der Waals surface area contributed by atoms with E-state index in [4.69, 9.17) is 16.6 Å². The van der Waals surface area contributed by atoms with Crippen LogP contribution in [-0.4, -0.2) is 44.0 Å². The molecule has 0 spiro atoms. The number of hydrogen-bond acceptors (Lipinski definition) is 8. The number of carbonyl (C=O) groups is 3. The predicted molar refractivity (Wildman–Crippen MR) is 104 cm³/mol. The maximum Gasteiger partial charge on any atom is 0.326 e. The van der Waals surface area contributed by atoms with Crippen molar-refractivity contribution in [3.8, 4) is 0 Å². The summed E-state index contributed by atoms with van der Waals surface area (Å²) in [6, 6.07) is -1.41. The van der Waals surface area contributed by atoms with E-state index >= 15 is 0 Å². The molecule has 1 atom stereocenters. The second-order valence-corrected chi connectivity index (χ2v) is 6.38. The summed E-state index contributed by atoms with van der Waals surface area (Å²) in [5.41, 5.74) is 8.83. The van der Waals surface area contributed by atoms with Gasteiger partial charge in [0.2, 0.25) is 5.95 Å². The lowest BCUT2D eigenvalue weighted by Gasteiger charge is -2.17. The molecule has 0 saturated carbocycles. The summed E-state index contributed by atoms with van der Waals surface area (Å²) in [5, 5.41) is 15.6. The van der Waals surface area contributed by atoms with E-state index < -0.39 is 46.9 Å². The Balaban J connectivity index is 2.12. The average molecular weight is 422 g/mol. The number of urea groups is 1. The maximum absolute atomic E-state index is 14.3. The molecule has 0 aliphatic carbocycles. The zero-order chi connectivity index (χ0) is 22.6. The molecule has 13 nitrogen and oxygen atoms in total. The number of amides is 3. The fourth-order valence-electron chi connectivity index (χ4n) is 2.30. The second-order valence-electron chi connectivity index (χ2n) is 6.38. The number of nitrogens with two attached hydrogens (primary N) is 2. The molecule has 0 aliphatic heterocycles. The van der Waals surface area contributed by atoms with Crippen LogP contribution >= 0.6 is 0 Å². The minimum absolute atomic E-state index is 0.154. The van der Waals surface area contributed by atoms with Crippen LogP contribution in [-0.2, 0) is 4.79 Å². The molecular formula is C16H19FN8O5. The molecule has 2 heterocycles. The highest BCUT2D eigenvalue weighted by molar-refractivity contribution is 6.01. The van der Waals surface area contributed by atoms with Crippen molar-refractivity contribution in [1.29, 1.82) is 0 Å². The number of nitrogens with zero attached hydrogens (tertiary/aromatic N) is 2. The maximum atomic E-state index is 14.3. The van der Waals surface area contributed by atoms with Crippen LogP contribution in [0.4, 0.5) is 32.3 Å². The number of aromatic nitrogens is 3. The fourth-order valence-corrected chi connectivity index (χ4v) is 2.30. The van der Waals surface area contributed by atoms with Crippen molar-refractivity contribution < 1.29 is 23.9 Å². The van der Waals surface area contributed by atoms with Crippen molar-refractivity contribution in [2.75, 3.05) is 22.1 Å². The number of hydrogen-bond donors (Lipinski definition) is 7. The summed E-state index contributed by atoms with van der Waals surface area (Å²) in [6.45, 7) is 3.14. The highest BCUT2D eigenvalue weighted by atomic mass is 19.1. The first-order chi connectivity index (χ1) is 14.0. The lowest BCUT2D eigenvalue weighted by molar-refractivity contribution is -0.140. The molecule has 0 radical (unpaired) electrons. The lowest BCUT2D eigenvalue weighted by Crippen LogP contribution is -2.44. The molecule has 2 rings (SSSR count). The third kappa shape index (κ3) is 5.18. The molecular weight excluding hydrogens is 403 g/mol. The van der Waals surface area contributed by atoms with E-state index in [2.05, 4.69) is 30.9 Å². The number of rotatable bonds is 6. The molecule has 0 unspecified atom stereocenters. The van der Waals surface area contributed by atoms with Crippen molar-refractivity contribution in [3.63, 3.8) is 0 Å². The third-order valence-electron chi connectivity index (χ3n) is 3.74. The Kier molecular flexibility index (Phi) is 6.51. The molecule has 9 N–H and O–H groups in total. The number of carboxylic acid groups (broad SMARTS) is 1. The van der Waals surface area contributed by atoms with Gasteiger partial charge in [0.15, 0.2) is 23.0 Å². The Labute approximate surface area is 168 Å². The summed E-state index contributed by atoms with van der Waals surface area (Å²) in [6.07, 6.45) is 0.970. The lowest BCUT2D eigenvalue weighted by atomic mass is 10.0. The molecule has 2 aromatic heterocycles. The SMILES string of the molecule is CC(C)[C@H](NC(=O)c1ncc(NC(=O)Nc2c(N)nc(N)[nH]c2=O)cc1F)C(=O)O. The van der Waals surface area contributed by atoms with Crippen LogP contribution in [0.25, 0.3) is 0 Å². The number of nitrogens with one attached hydrogen (secondary N) is 4. The van der Waals surface area contributed by atoms with Crippen LogP contribution in [0.5, 0.6) is 0 Å². The zero-order valence-corrected chi connectivity index (χ0v) is 15.8. The summed E-state index contributed by atoms with van der Waals surface area (Å²) in [5.74, 6) is -4.44. The number of anilines is 4. The quantitative estimate of drug-likeness (QED) is 0.331. The Hall–Kier alpha value is -4.23. The van der Waals surface area contributed by atoms with Gasteiger partial charge in [-0.25, -0.2) is 19.0 Å². The standard InChI is InChI=1S/C16H19FN8O5/c1-5(2)8(14(28)29)22-12(26)9-7(17)3-6(4-20-9)21-16(30)23-10-11(18)24-15(19)25-13(10)27/h3-5,8H,1-2H3,(H,22,26)(H,28,29)(H2,21,23,30)(H5,18,19,24,25,27)/t8-/m0/s1. The first-order valence-electron chi connectivity index (χ1n) is 8.42. The van der Waals surface area contributed by atoms with Crippen molar-refractivity contribution in [3.05, 3.63) is 34.1 Å². The number of aromatic amines is 1. The van der Waals surface area contributed by atoms with Gasteiger partial charge in [0.25, 0.3) is 11.5 Å². The molecule has 0 fully saturated rings. The Morgan fingerprint density at radius 3 is 2.43 bits per heavy atom. The number of H-pyrrole nitrogens is 1. The van der Waals surface area contributed by atoms with Gasteiger partial charge < -0.3 is 27.2 Å². The largest absolute Gasteiger partial charge is 0.480 e. The van der Waals surface area contributed by atoms with Gasteiger partial charge in [-0.05, 0) is 5.92 Å². The van der Waals surface area contributed by atoms with Gasteiger partial charge in [0, 0.05) is 6.07 Å². The summed E-state index contributed by atoms with van der Waals surface area (Å²) >= 11 is 0. The predicted octanol–water partition coefficient (Wildman–Crippen LogP) is -0.0486. The number of pyridine rings is 1. The number of nitrogen functional groups attached to an aromatic ring is 2. The monoisotopic (exact) mass is 422 g/mol. The van der Waals surface area contributed by atoms with E-state index in [-0.39, 0.29) is 23.1 Å². The van der Waals surface area contributed by atoms with E-state index in [1.165, 1.54) is 0 Å². The first-order valence-corrected chi connectivity index (χ1v) is 8.42. The Bertz CT molecular complexity index is 1050. The molecule has 3 amide bonds. The van der Waals surface area contributed by atoms with E-state index in [0.29, 0.717) is 0 Å². The van der Waals surface area contributed by atoms with Gasteiger partial charge in [-0.2, -0.15) is 4.98 Å². The van der Waals surface area contributed by atoms with Crippen LogP contribution in [0, 0.1) is 11.7 Å². The first kappa shape index (κ1) is 22.1. The van der Waals surface area contributed by atoms with Crippen molar-refractivity contribution >= 4 is 41.0 Å². The zero-order valence-electron chi connectivity index (χ0n) is 15.8. The van der Waals surface area contributed by atoms with Gasteiger partial charge in [0.1, 0.15) is 6.04 Å². The molecule has 14 heteroatoms. The number of halogens is 1. The van der Waals surface area contributed by atoms with E-state index in [9.17, 15) is 23.6 Å². The van der Waals surface area contributed by atoms with Gasteiger partial charge in [0.05, 0.1) is 11.9 Å². The van der Waals surface area contributed by atoms with Crippen LogP contribution in [0.2, 0.25) is 0 Å². The molecule has 0 aliphatic rings. The molecule has 160 valence electrons. The normalized spacial score (nSPS) is 11.6. The molecule has 0 saturated heterocycles. The highest BCUT2D eigenvalue weighted by Crippen LogP contribution is 2.14. The minimum atomic E-state index is -1.28. The molecule has 30 heavy (non-hydrogen) atoms. The third-order valence-corrected chi connectivity index (χ3v) is 3.74. The van der Waals surface area contributed by atoms with Crippen molar-refractivity contribution in [2.24, 2.45) is 5.92 Å². The fraction of sp³-hybridized carbons (Fsp3) is 0.250. The van der Waals surface area contributed by atoms with Crippen molar-refractivity contribution in [2.45, 2.75) is 19.9 Å². The molecule has 0 bridgehead atoms. The number of carboxylic acids is 1. The highest BCUT2D eigenvalue weighted by Gasteiger charge is 2.26. The van der Waals surface area contributed by atoms with E-state index in [1.807, 2.05) is 0 Å². The van der Waals surface area contributed by atoms with Crippen LogP contribution < -0.4 is 33.0 Å². The van der Waals surface area contributed by atoms with Crippen molar-refractivity contribution in [1.82, 2.24) is 20.3 Å². The summed E-state index contributed by atoms with van der Waals surface area (Å²) in [7, 11) is 0. The number of aliphatic carboxylic acids is 1. The topological polar surface area (TPSA) is 218 Å². The van der Waals surface area contributed by atoms with Gasteiger partial charge in [-0.1, -0.05) is 13.8 Å². The average Bonchev–Trinajstić information content (AvgIpc) is 2.62. The Morgan fingerprint density at radius 2 is 1.90 bits per heavy atom. The molecule has 2 aromatic rings. The molecule has 0 aromatic carbocycles.